The van der Waals surface area contributed by atoms with Crippen LogP contribution >= 0.6 is 0 Å². The number of nitrogens with one attached hydrogen (secondary N) is 2. The van der Waals surface area contributed by atoms with Gasteiger partial charge in [-0.3, -0.25) is 0 Å². The van der Waals surface area contributed by atoms with E-state index in [-0.39, 0.29) is 12.1 Å². The number of aromatic nitrogens is 1. The third kappa shape index (κ3) is 2.98. The summed E-state index contributed by atoms with van der Waals surface area (Å²) < 4.78 is 4.96. The maximum absolute atomic E-state index is 11.6. The lowest BCUT2D eigenvalue weighted by Gasteiger charge is -2.17. The molecule has 0 aliphatic rings. The Bertz CT molecular complexity index is 352. The molecule has 90 valence electrons. The zero-order chi connectivity index (χ0) is 12.3. The summed E-state index contributed by atoms with van der Waals surface area (Å²) >= 11 is 0. The highest BCUT2D eigenvalue weighted by atomic mass is 16.5. The predicted octanol–water partition coefficient (Wildman–Crippen LogP) is 2.46. The highest BCUT2D eigenvalue weighted by Gasteiger charge is 2.14. The van der Waals surface area contributed by atoms with Crippen LogP contribution in [0.25, 0.3) is 0 Å². The average Bonchev–Trinajstić information content (AvgIpc) is 2.49. The Morgan fingerprint density at radius 3 is 2.38 bits per heavy atom. The van der Waals surface area contributed by atoms with E-state index < -0.39 is 0 Å². The second-order valence-electron chi connectivity index (χ2n) is 4.33. The number of urea groups is 1. The molecule has 1 aromatic rings. The molecule has 0 aliphatic carbocycles. The molecule has 0 radical (unpaired) electrons. The summed E-state index contributed by atoms with van der Waals surface area (Å²) in [6, 6.07) is -0.101. The van der Waals surface area contributed by atoms with Crippen LogP contribution in [0.3, 0.4) is 0 Å². The minimum Gasteiger partial charge on any atom is -0.359 e. The van der Waals surface area contributed by atoms with Crippen molar-refractivity contribution in [2.45, 2.75) is 40.7 Å². The van der Waals surface area contributed by atoms with Gasteiger partial charge in [0, 0.05) is 6.04 Å². The Balaban J connectivity index is 2.59. The molecule has 5 heteroatoms. The SMILES string of the molecule is Cc1noc(C)c1NC(=O)N[C@@H](C)C(C)C. The summed E-state index contributed by atoms with van der Waals surface area (Å²) in [6.45, 7) is 9.64. The zero-order valence-electron chi connectivity index (χ0n) is 10.4. The molecule has 0 saturated carbocycles. The van der Waals surface area contributed by atoms with Crippen molar-refractivity contribution in [3.8, 4) is 0 Å². The molecule has 1 heterocycles. The van der Waals surface area contributed by atoms with Crippen LogP contribution in [0.15, 0.2) is 4.52 Å². The minimum absolute atomic E-state index is 0.125. The quantitative estimate of drug-likeness (QED) is 0.830. The lowest BCUT2D eigenvalue weighted by atomic mass is 10.1. The molecular weight excluding hydrogens is 206 g/mol. The van der Waals surface area contributed by atoms with Crippen molar-refractivity contribution in [1.29, 1.82) is 0 Å². The summed E-state index contributed by atoms with van der Waals surface area (Å²) in [5, 5.41) is 9.36. The molecule has 1 rings (SSSR count). The van der Waals surface area contributed by atoms with Crippen LogP contribution < -0.4 is 10.6 Å². The molecular formula is C11H19N3O2. The fraction of sp³-hybridized carbons (Fsp3) is 0.636. The molecule has 1 aromatic heterocycles. The molecule has 0 bridgehead atoms. The van der Waals surface area contributed by atoms with Crippen molar-refractivity contribution in [2.24, 2.45) is 5.92 Å². The lowest BCUT2D eigenvalue weighted by Crippen LogP contribution is -2.39. The Morgan fingerprint density at radius 1 is 1.31 bits per heavy atom. The van der Waals surface area contributed by atoms with Gasteiger partial charge in [-0.1, -0.05) is 19.0 Å². The van der Waals surface area contributed by atoms with Gasteiger partial charge in [0.05, 0.1) is 0 Å². The Labute approximate surface area is 95.6 Å². The van der Waals surface area contributed by atoms with Gasteiger partial charge in [-0.25, -0.2) is 4.79 Å². The van der Waals surface area contributed by atoms with Crippen molar-refractivity contribution >= 4 is 11.7 Å². The second kappa shape index (κ2) is 5.01. The van der Waals surface area contributed by atoms with E-state index >= 15 is 0 Å². The normalized spacial score (nSPS) is 12.6. The molecule has 5 nitrogen and oxygen atoms in total. The van der Waals surface area contributed by atoms with Crippen molar-refractivity contribution < 1.29 is 9.32 Å². The van der Waals surface area contributed by atoms with E-state index in [0.717, 1.165) is 0 Å². The summed E-state index contributed by atoms with van der Waals surface area (Å²) in [5.41, 5.74) is 1.33. The second-order valence-corrected chi connectivity index (χ2v) is 4.33. The van der Waals surface area contributed by atoms with Crippen LogP contribution in [-0.2, 0) is 0 Å². The van der Waals surface area contributed by atoms with Crippen LogP contribution in [0, 0.1) is 19.8 Å². The van der Waals surface area contributed by atoms with Crippen molar-refractivity contribution in [1.82, 2.24) is 10.5 Å². The standard InChI is InChI=1S/C11H19N3O2/c1-6(2)7(3)12-11(15)13-10-8(4)14-16-9(10)5/h6-7H,1-5H3,(H2,12,13,15)/t7-/m0/s1. The number of anilines is 1. The number of carbonyl (C=O) groups is 1. The summed E-state index contributed by atoms with van der Waals surface area (Å²) in [7, 11) is 0. The fourth-order valence-corrected chi connectivity index (χ4v) is 1.18. The molecule has 16 heavy (non-hydrogen) atoms. The number of nitrogens with zero attached hydrogens (tertiary/aromatic N) is 1. The van der Waals surface area contributed by atoms with Gasteiger partial charge >= 0.3 is 6.03 Å². The molecule has 0 fully saturated rings. The van der Waals surface area contributed by atoms with Gasteiger partial charge in [0.2, 0.25) is 0 Å². The maximum Gasteiger partial charge on any atom is 0.319 e. The van der Waals surface area contributed by atoms with Crippen LogP contribution in [-0.4, -0.2) is 17.2 Å². The molecule has 0 aromatic carbocycles. The molecule has 0 saturated heterocycles. The average molecular weight is 225 g/mol. The summed E-state index contributed by atoms with van der Waals surface area (Å²) in [4.78, 5) is 11.6. The third-order valence-electron chi connectivity index (χ3n) is 2.63. The molecule has 0 aliphatic heterocycles. The molecule has 1 atom stereocenters. The van der Waals surface area contributed by atoms with Crippen molar-refractivity contribution in [3.05, 3.63) is 11.5 Å². The van der Waals surface area contributed by atoms with Gasteiger partial charge in [-0.05, 0) is 26.7 Å². The van der Waals surface area contributed by atoms with Gasteiger partial charge < -0.3 is 15.2 Å². The Kier molecular flexibility index (Phi) is 3.93. The Hall–Kier alpha value is -1.52. The number of aryl methyl sites for hydroxylation is 2. The summed E-state index contributed by atoms with van der Waals surface area (Å²) in [6.07, 6.45) is 0. The highest BCUT2D eigenvalue weighted by molar-refractivity contribution is 5.90. The summed E-state index contributed by atoms with van der Waals surface area (Å²) in [5.74, 6) is 1.01. The molecule has 0 spiro atoms. The molecule has 0 unspecified atom stereocenters. The highest BCUT2D eigenvalue weighted by Crippen LogP contribution is 2.18. The first-order valence-electron chi connectivity index (χ1n) is 5.42. The third-order valence-corrected chi connectivity index (χ3v) is 2.63. The van der Waals surface area contributed by atoms with Crippen LogP contribution in [0.4, 0.5) is 10.5 Å². The van der Waals surface area contributed by atoms with E-state index in [9.17, 15) is 4.79 Å². The molecule has 2 amide bonds. The first-order valence-corrected chi connectivity index (χ1v) is 5.42. The monoisotopic (exact) mass is 225 g/mol. The van der Waals surface area contributed by atoms with Gasteiger partial charge in [0.25, 0.3) is 0 Å². The van der Waals surface area contributed by atoms with Crippen molar-refractivity contribution in [3.63, 3.8) is 0 Å². The van der Waals surface area contributed by atoms with E-state index in [1.165, 1.54) is 0 Å². The first kappa shape index (κ1) is 12.5. The van der Waals surface area contributed by atoms with Gasteiger partial charge in [-0.2, -0.15) is 0 Å². The lowest BCUT2D eigenvalue weighted by molar-refractivity contribution is 0.246. The fourth-order valence-electron chi connectivity index (χ4n) is 1.18. The van der Waals surface area contributed by atoms with E-state index in [4.69, 9.17) is 4.52 Å². The maximum atomic E-state index is 11.6. The number of hydrogen-bond acceptors (Lipinski definition) is 3. The zero-order valence-corrected chi connectivity index (χ0v) is 10.4. The van der Waals surface area contributed by atoms with Crippen molar-refractivity contribution in [2.75, 3.05) is 5.32 Å². The number of rotatable bonds is 3. The van der Waals surface area contributed by atoms with Gasteiger partial charge in [-0.15, -0.1) is 0 Å². The number of hydrogen-bond donors (Lipinski definition) is 2. The van der Waals surface area contributed by atoms with Crippen LogP contribution in [0.5, 0.6) is 0 Å². The van der Waals surface area contributed by atoms with Gasteiger partial charge in [0.15, 0.2) is 5.76 Å². The minimum atomic E-state index is -0.226. The van der Waals surface area contributed by atoms with Crippen LogP contribution in [0.1, 0.15) is 32.2 Å². The number of amides is 2. The van der Waals surface area contributed by atoms with E-state index in [1.807, 2.05) is 6.92 Å². The smallest absolute Gasteiger partial charge is 0.319 e. The largest absolute Gasteiger partial charge is 0.359 e. The number of carbonyl (C=O) groups excluding carboxylic acids is 1. The predicted molar refractivity (Wildman–Crippen MR) is 62.4 cm³/mol. The first-order chi connectivity index (χ1) is 7.41. The Morgan fingerprint density at radius 2 is 1.94 bits per heavy atom. The van der Waals surface area contributed by atoms with E-state index in [0.29, 0.717) is 23.1 Å². The molecule has 2 N–H and O–H groups in total. The topological polar surface area (TPSA) is 67.2 Å². The van der Waals surface area contributed by atoms with E-state index in [2.05, 4.69) is 29.6 Å². The van der Waals surface area contributed by atoms with Gasteiger partial charge in [0.1, 0.15) is 11.4 Å². The van der Waals surface area contributed by atoms with E-state index in [1.54, 1.807) is 13.8 Å². The van der Waals surface area contributed by atoms with Crippen LogP contribution in [0.2, 0.25) is 0 Å².